The van der Waals surface area contributed by atoms with Crippen LogP contribution in [0.5, 0.6) is 0 Å². The van der Waals surface area contributed by atoms with Crippen LogP contribution in [0.2, 0.25) is 0 Å². The second-order valence-electron chi connectivity index (χ2n) is 7.75. The highest BCUT2D eigenvalue weighted by Gasteiger charge is 2.29. The second kappa shape index (κ2) is 8.01. The zero-order valence-corrected chi connectivity index (χ0v) is 17.9. The third kappa shape index (κ3) is 3.93. The van der Waals surface area contributed by atoms with Gasteiger partial charge in [0.25, 0.3) is 0 Å². The summed E-state index contributed by atoms with van der Waals surface area (Å²) in [5.74, 6) is -0.579. The van der Waals surface area contributed by atoms with Crippen molar-refractivity contribution in [3.63, 3.8) is 0 Å². The first kappa shape index (κ1) is 20.1. The topological polar surface area (TPSA) is 60.8 Å². The van der Waals surface area contributed by atoms with Crippen LogP contribution in [0.4, 0.5) is 8.78 Å². The molecule has 31 heavy (non-hydrogen) atoms. The summed E-state index contributed by atoms with van der Waals surface area (Å²) in [5, 5.41) is 0.822. The van der Waals surface area contributed by atoms with Gasteiger partial charge in [-0.25, -0.2) is 23.7 Å². The summed E-state index contributed by atoms with van der Waals surface area (Å²) in [6.45, 7) is 4.42. The molecule has 0 spiro atoms. The SMILES string of the molecule is Cc1cc([C@H]2C[C@@H](c3nc(-c4ccc(F)cc4F)c4nc(C)sc4n3)CCO2)ccn1. The molecule has 4 heterocycles. The van der Waals surface area contributed by atoms with Crippen molar-refractivity contribution in [2.45, 2.75) is 38.7 Å². The number of aromatic nitrogens is 4. The predicted molar refractivity (Wildman–Crippen MR) is 115 cm³/mol. The number of pyridine rings is 1. The van der Waals surface area contributed by atoms with Gasteiger partial charge in [0.15, 0.2) is 0 Å². The van der Waals surface area contributed by atoms with Gasteiger partial charge in [0.2, 0.25) is 0 Å². The van der Waals surface area contributed by atoms with Gasteiger partial charge in [-0.05, 0) is 56.5 Å². The fraction of sp³-hybridized carbons (Fsp3) is 0.304. The first-order chi connectivity index (χ1) is 15.0. The number of nitrogens with zero attached hydrogens (tertiary/aromatic N) is 4. The molecule has 0 amide bonds. The van der Waals surface area contributed by atoms with Crippen molar-refractivity contribution in [3.8, 4) is 11.3 Å². The van der Waals surface area contributed by atoms with Gasteiger partial charge in [-0.15, -0.1) is 0 Å². The number of rotatable bonds is 3. The number of ether oxygens (including phenoxy) is 1. The van der Waals surface area contributed by atoms with E-state index in [2.05, 4.69) is 9.97 Å². The molecule has 4 aromatic rings. The highest BCUT2D eigenvalue weighted by molar-refractivity contribution is 7.18. The van der Waals surface area contributed by atoms with Gasteiger partial charge in [0.05, 0.1) is 11.1 Å². The molecule has 2 atom stereocenters. The molecule has 3 aromatic heterocycles. The number of hydrogen-bond donors (Lipinski definition) is 0. The lowest BCUT2D eigenvalue weighted by Crippen LogP contribution is -2.20. The highest BCUT2D eigenvalue weighted by atomic mass is 32.1. The maximum absolute atomic E-state index is 14.6. The summed E-state index contributed by atoms with van der Waals surface area (Å²) in [4.78, 5) is 19.0. The Morgan fingerprint density at radius 1 is 1.06 bits per heavy atom. The summed E-state index contributed by atoms with van der Waals surface area (Å²) >= 11 is 1.45. The average molecular weight is 439 g/mol. The molecule has 158 valence electrons. The first-order valence-electron chi connectivity index (χ1n) is 10.1. The monoisotopic (exact) mass is 438 g/mol. The molecule has 5 rings (SSSR count). The molecule has 1 saturated heterocycles. The van der Waals surface area contributed by atoms with Crippen molar-refractivity contribution in [2.24, 2.45) is 0 Å². The maximum atomic E-state index is 14.6. The third-order valence-electron chi connectivity index (χ3n) is 5.51. The van der Waals surface area contributed by atoms with E-state index in [1.54, 1.807) is 6.20 Å². The molecule has 0 aliphatic carbocycles. The van der Waals surface area contributed by atoms with Crippen molar-refractivity contribution < 1.29 is 13.5 Å². The molecule has 1 aliphatic heterocycles. The van der Waals surface area contributed by atoms with E-state index in [0.29, 0.717) is 28.5 Å². The third-order valence-corrected chi connectivity index (χ3v) is 6.38. The molecule has 0 unspecified atom stereocenters. The van der Waals surface area contributed by atoms with Crippen LogP contribution < -0.4 is 0 Å². The van der Waals surface area contributed by atoms with Crippen LogP contribution in [0.1, 0.15) is 47.0 Å². The second-order valence-corrected chi connectivity index (χ2v) is 8.93. The lowest BCUT2D eigenvalue weighted by molar-refractivity contribution is 0.00395. The standard InChI is InChI=1S/C23H20F2N4OS/c1-12-9-14(5-7-26-12)19-10-15(6-8-30-19)22-28-20(17-4-3-16(24)11-18(17)25)21-23(29-22)31-13(2)27-21/h3-5,7,9,11,15,19H,6,8,10H2,1-2H3/t15-,19+/m0/s1. The van der Waals surface area contributed by atoms with Crippen molar-refractivity contribution in [2.75, 3.05) is 6.61 Å². The van der Waals surface area contributed by atoms with Gasteiger partial charge in [0.1, 0.15) is 33.5 Å². The number of halogens is 2. The Hall–Kier alpha value is -2.84. The Labute approximate surface area is 182 Å². The van der Waals surface area contributed by atoms with E-state index in [0.717, 1.165) is 35.2 Å². The van der Waals surface area contributed by atoms with Crippen molar-refractivity contribution >= 4 is 21.7 Å². The fourth-order valence-corrected chi connectivity index (χ4v) is 4.82. The molecule has 0 saturated carbocycles. The summed E-state index contributed by atoms with van der Waals surface area (Å²) in [7, 11) is 0. The van der Waals surface area contributed by atoms with Crippen LogP contribution in [0, 0.1) is 25.5 Å². The molecule has 8 heteroatoms. The molecule has 1 fully saturated rings. The summed E-state index contributed by atoms with van der Waals surface area (Å²) in [5.41, 5.74) is 3.20. The average Bonchev–Trinajstić information content (AvgIpc) is 3.13. The zero-order chi connectivity index (χ0) is 21.5. The minimum Gasteiger partial charge on any atom is -0.373 e. The largest absolute Gasteiger partial charge is 0.373 e. The van der Waals surface area contributed by atoms with Gasteiger partial charge in [0, 0.05) is 36.0 Å². The van der Waals surface area contributed by atoms with E-state index in [-0.39, 0.29) is 17.6 Å². The predicted octanol–water partition coefficient (Wildman–Crippen LogP) is 5.68. The summed E-state index contributed by atoms with van der Waals surface area (Å²) in [6, 6.07) is 7.52. The van der Waals surface area contributed by atoms with Gasteiger partial charge >= 0.3 is 0 Å². The van der Waals surface area contributed by atoms with Gasteiger partial charge in [-0.1, -0.05) is 11.3 Å². The van der Waals surface area contributed by atoms with E-state index in [9.17, 15) is 8.78 Å². The Kier molecular flexibility index (Phi) is 5.19. The van der Waals surface area contributed by atoms with Crippen LogP contribution in [-0.2, 0) is 4.74 Å². The number of hydrogen-bond acceptors (Lipinski definition) is 6. The van der Waals surface area contributed by atoms with Crippen LogP contribution >= 0.6 is 11.3 Å². The Balaban J connectivity index is 1.57. The molecule has 1 aliphatic rings. The van der Waals surface area contributed by atoms with E-state index in [1.165, 1.54) is 23.5 Å². The number of thiazole rings is 1. The van der Waals surface area contributed by atoms with Crippen molar-refractivity contribution in [1.82, 2.24) is 19.9 Å². The number of fused-ring (bicyclic) bond motifs is 1. The van der Waals surface area contributed by atoms with E-state index < -0.39 is 11.6 Å². The molecular weight excluding hydrogens is 418 g/mol. The smallest absolute Gasteiger partial charge is 0.147 e. The molecule has 0 N–H and O–H groups in total. The normalized spacial score (nSPS) is 19.1. The van der Waals surface area contributed by atoms with Crippen LogP contribution in [-0.4, -0.2) is 26.5 Å². The summed E-state index contributed by atoms with van der Waals surface area (Å²) < 4.78 is 34.1. The van der Waals surface area contributed by atoms with Crippen molar-refractivity contribution in [1.29, 1.82) is 0 Å². The molecular formula is C23H20F2N4OS. The summed E-state index contributed by atoms with van der Waals surface area (Å²) in [6.07, 6.45) is 3.21. The molecule has 1 aromatic carbocycles. The maximum Gasteiger partial charge on any atom is 0.147 e. The Morgan fingerprint density at radius 3 is 2.74 bits per heavy atom. The zero-order valence-electron chi connectivity index (χ0n) is 17.1. The van der Waals surface area contributed by atoms with Crippen LogP contribution in [0.3, 0.4) is 0 Å². The van der Waals surface area contributed by atoms with E-state index in [1.807, 2.05) is 26.0 Å². The molecule has 0 radical (unpaired) electrons. The first-order valence-corrected chi connectivity index (χ1v) is 10.9. The lowest BCUT2D eigenvalue weighted by Gasteiger charge is -2.29. The van der Waals surface area contributed by atoms with E-state index >= 15 is 0 Å². The van der Waals surface area contributed by atoms with Crippen LogP contribution in [0.25, 0.3) is 21.6 Å². The number of benzene rings is 1. The minimum atomic E-state index is -0.659. The molecule has 0 bridgehead atoms. The quantitative estimate of drug-likeness (QED) is 0.412. The van der Waals surface area contributed by atoms with E-state index in [4.69, 9.17) is 14.7 Å². The van der Waals surface area contributed by atoms with Crippen LogP contribution in [0.15, 0.2) is 36.5 Å². The highest BCUT2D eigenvalue weighted by Crippen LogP contribution is 2.39. The minimum absolute atomic E-state index is 0.0567. The number of aryl methyl sites for hydroxylation is 2. The van der Waals surface area contributed by atoms with Gasteiger partial charge in [-0.3, -0.25) is 4.98 Å². The van der Waals surface area contributed by atoms with Gasteiger partial charge < -0.3 is 4.74 Å². The fourth-order valence-electron chi connectivity index (χ4n) is 4.03. The Morgan fingerprint density at radius 2 is 1.94 bits per heavy atom. The Bertz CT molecular complexity index is 1280. The van der Waals surface area contributed by atoms with Crippen molar-refractivity contribution in [3.05, 3.63) is 70.3 Å². The lowest BCUT2D eigenvalue weighted by atomic mass is 9.91. The molecule has 5 nitrogen and oxygen atoms in total. The van der Waals surface area contributed by atoms with Gasteiger partial charge in [-0.2, -0.15) is 0 Å².